The van der Waals surface area contributed by atoms with Gasteiger partial charge in [0.1, 0.15) is 0 Å². The molecule has 1 aliphatic heterocycles. The highest BCUT2D eigenvalue weighted by Crippen LogP contribution is 2.38. The van der Waals surface area contributed by atoms with Gasteiger partial charge in [0, 0.05) is 37.7 Å². The molecule has 3 heterocycles. The van der Waals surface area contributed by atoms with E-state index in [2.05, 4.69) is 15.5 Å². The summed E-state index contributed by atoms with van der Waals surface area (Å²) in [5.41, 5.74) is 2.77. The van der Waals surface area contributed by atoms with Crippen molar-refractivity contribution in [1.82, 2.24) is 14.6 Å². The molecule has 1 aromatic carbocycles. The average molecular weight is 349 g/mol. The molecule has 7 heteroatoms. The maximum atomic E-state index is 12.4. The fraction of sp³-hybridized carbons (Fsp3) is 0.263. The first-order valence-corrected chi connectivity index (χ1v) is 8.60. The monoisotopic (exact) mass is 349 g/mol. The van der Waals surface area contributed by atoms with Gasteiger partial charge in [0.05, 0.1) is 0 Å². The first kappa shape index (κ1) is 16.3. The molecule has 1 unspecified atom stereocenters. The van der Waals surface area contributed by atoms with E-state index < -0.39 is 0 Å². The van der Waals surface area contributed by atoms with E-state index in [0.29, 0.717) is 31.0 Å². The number of pyridine rings is 1. The average Bonchev–Trinajstić information content (AvgIpc) is 3.22. The van der Waals surface area contributed by atoms with Gasteiger partial charge in [-0.1, -0.05) is 24.3 Å². The van der Waals surface area contributed by atoms with Gasteiger partial charge in [0.15, 0.2) is 5.65 Å². The van der Waals surface area contributed by atoms with Crippen molar-refractivity contribution in [2.24, 2.45) is 0 Å². The molecule has 0 spiro atoms. The van der Waals surface area contributed by atoms with E-state index in [4.69, 9.17) is 0 Å². The van der Waals surface area contributed by atoms with Crippen LogP contribution in [-0.2, 0) is 9.59 Å². The van der Waals surface area contributed by atoms with Crippen LogP contribution in [-0.4, -0.2) is 33.0 Å². The zero-order valence-electron chi connectivity index (χ0n) is 14.4. The topological polar surface area (TPSA) is 79.6 Å². The van der Waals surface area contributed by atoms with Gasteiger partial charge < -0.3 is 4.90 Å². The van der Waals surface area contributed by atoms with Crippen LogP contribution in [0.3, 0.4) is 0 Å². The predicted octanol–water partition coefficient (Wildman–Crippen LogP) is 2.60. The second-order valence-electron chi connectivity index (χ2n) is 6.42. The third kappa shape index (κ3) is 2.92. The molecule has 1 aliphatic rings. The largest absolute Gasteiger partial charge is 0.312 e. The minimum atomic E-state index is -0.109. The second-order valence-corrected chi connectivity index (χ2v) is 6.42. The number of carbonyl (C=O) groups is 2. The zero-order chi connectivity index (χ0) is 18.1. The van der Waals surface area contributed by atoms with Crippen molar-refractivity contribution in [2.45, 2.75) is 25.7 Å². The van der Waals surface area contributed by atoms with Crippen molar-refractivity contribution in [3.05, 3.63) is 54.2 Å². The molecule has 7 nitrogen and oxygen atoms in total. The number of para-hydroxylation sites is 1. The molecule has 0 saturated carbocycles. The third-order valence-corrected chi connectivity index (χ3v) is 4.74. The minimum absolute atomic E-state index is 0.0272. The maximum absolute atomic E-state index is 12.4. The Balaban J connectivity index is 1.43. The number of rotatable bonds is 4. The SMILES string of the molecule is CC(=O)N1CC(CCC(=O)Nc2nnc3ccccn23)c2ccccc21. The molecule has 3 aromatic rings. The molecule has 0 radical (unpaired) electrons. The van der Waals surface area contributed by atoms with Crippen LogP contribution in [0.5, 0.6) is 0 Å². The standard InChI is InChI=1S/C19H19N5O2/c1-13(25)24-12-14(15-6-2-3-7-16(15)24)9-10-18(26)20-19-22-21-17-8-4-5-11-23(17)19/h2-8,11,14H,9-10,12H2,1H3,(H,20,22,26). The molecule has 132 valence electrons. The normalized spacial score (nSPS) is 15.9. The zero-order valence-corrected chi connectivity index (χ0v) is 14.4. The van der Waals surface area contributed by atoms with Crippen molar-refractivity contribution in [1.29, 1.82) is 0 Å². The highest BCUT2D eigenvalue weighted by molar-refractivity contribution is 5.94. The van der Waals surface area contributed by atoms with Crippen LogP contribution in [0.25, 0.3) is 5.65 Å². The van der Waals surface area contributed by atoms with E-state index in [9.17, 15) is 9.59 Å². The number of amides is 2. The molecule has 4 rings (SSSR count). The highest BCUT2D eigenvalue weighted by Gasteiger charge is 2.30. The van der Waals surface area contributed by atoms with Crippen LogP contribution in [0, 0.1) is 0 Å². The fourth-order valence-electron chi connectivity index (χ4n) is 3.46. The summed E-state index contributed by atoms with van der Waals surface area (Å²) in [6, 6.07) is 13.4. The molecule has 0 fully saturated rings. The number of hydrogen-bond acceptors (Lipinski definition) is 4. The van der Waals surface area contributed by atoms with E-state index in [1.165, 1.54) is 0 Å². The van der Waals surface area contributed by atoms with Crippen molar-refractivity contribution in [3.63, 3.8) is 0 Å². The van der Waals surface area contributed by atoms with Crippen LogP contribution < -0.4 is 10.2 Å². The first-order chi connectivity index (χ1) is 12.6. The third-order valence-electron chi connectivity index (χ3n) is 4.74. The molecule has 1 N–H and O–H groups in total. The van der Waals surface area contributed by atoms with Crippen LogP contribution in [0.4, 0.5) is 11.6 Å². The van der Waals surface area contributed by atoms with Crippen LogP contribution in [0.2, 0.25) is 0 Å². The van der Waals surface area contributed by atoms with Gasteiger partial charge in [-0.15, -0.1) is 10.2 Å². The predicted molar refractivity (Wildman–Crippen MR) is 98.1 cm³/mol. The molecule has 0 aliphatic carbocycles. The van der Waals surface area contributed by atoms with Crippen LogP contribution in [0.1, 0.15) is 31.2 Å². The van der Waals surface area contributed by atoms with Crippen LogP contribution in [0.15, 0.2) is 48.7 Å². The van der Waals surface area contributed by atoms with Gasteiger partial charge in [-0.05, 0) is 30.2 Å². The van der Waals surface area contributed by atoms with Gasteiger partial charge in [0.25, 0.3) is 0 Å². The Kier molecular flexibility index (Phi) is 4.12. The van der Waals surface area contributed by atoms with Gasteiger partial charge in [-0.3, -0.25) is 19.3 Å². The number of nitrogens with one attached hydrogen (secondary N) is 1. The molecule has 0 bridgehead atoms. The summed E-state index contributed by atoms with van der Waals surface area (Å²) < 4.78 is 1.74. The second kappa shape index (κ2) is 6.59. The molecular formula is C19H19N5O2. The summed E-state index contributed by atoms with van der Waals surface area (Å²) in [5.74, 6) is 0.500. The van der Waals surface area contributed by atoms with E-state index in [0.717, 1.165) is 11.3 Å². The summed E-state index contributed by atoms with van der Waals surface area (Å²) in [7, 11) is 0. The van der Waals surface area contributed by atoms with Gasteiger partial charge in [-0.25, -0.2) is 0 Å². The molecule has 0 saturated heterocycles. The summed E-state index contributed by atoms with van der Waals surface area (Å²) in [5, 5.41) is 10.9. The smallest absolute Gasteiger partial charge is 0.235 e. The molecular weight excluding hydrogens is 330 g/mol. The fourth-order valence-corrected chi connectivity index (χ4v) is 3.46. The van der Waals surface area contributed by atoms with Crippen molar-refractivity contribution < 1.29 is 9.59 Å². The lowest BCUT2D eigenvalue weighted by Gasteiger charge is -2.15. The van der Waals surface area contributed by atoms with Crippen molar-refractivity contribution in [2.75, 3.05) is 16.8 Å². The van der Waals surface area contributed by atoms with E-state index in [1.54, 1.807) is 16.2 Å². The Morgan fingerprint density at radius 1 is 1.15 bits per heavy atom. The lowest BCUT2D eigenvalue weighted by molar-refractivity contribution is -0.116. The Bertz CT molecular complexity index is 981. The summed E-state index contributed by atoms with van der Waals surface area (Å²) >= 11 is 0. The van der Waals surface area contributed by atoms with Crippen molar-refractivity contribution >= 4 is 29.1 Å². The van der Waals surface area contributed by atoms with Gasteiger partial charge in [0.2, 0.25) is 17.8 Å². The van der Waals surface area contributed by atoms with E-state index in [1.807, 2.05) is 48.7 Å². The van der Waals surface area contributed by atoms with Gasteiger partial charge >= 0.3 is 0 Å². The molecule has 2 amide bonds. The minimum Gasteiger partial charge on any atom is -0.312 e. The Morgan fingerprint density at radius 2 is 1.96 bits per heavy atom. The molecule has 26 heavy (non-hydrogen) atoms. The lowest BCUT2D eigenvalue weighted by atomic mass is 9.96. The van der Waals surface area contributed by atoms with Crippen molar-refractivity contribution in [3.8, 4) is 0 Å². The number of carbonyl (C=O) groups excluding carboxylic acids is 2. The number of aromatic nitrogens is 3. The number of anilines is 2. The number of benzene rings is 1. The number of hydrogen-bond donors (Lipinski definition) is 1. The molecule has 2 aromatic heterocycles. The van der Waals surface area contributed by atoms with Crippen LogP contribution >= 0.6 is 0 Å². The Hall–Kier alpha value is -3.22. The van der Waals surface area contributed by atoms with Gasteiger partial charge in [-0.2, -0.15) is 0 Å². The number of fused-ring (bicyclic) bond motifs is 2. The quantitative estimate of drug-likeness (QED) is 0.785. The summed E-state index contributed by atoms with van der Waals surface area (Å²) in [4.78, 5) is 26.0. The van der Waals surface area contributed by atoms with E-state index in [-0.39, 0.29) is 17.7 Å². The lowest BCUT2D eigenvalue weighted by Crippen LogP contribution is -2.27. The Morgan fingerprint density at radius 3 is 2.81 bits per heavy atom. The van der Waals surface area contributed by atoms with E-state index >= 15 is 0 Å². The number of nitrogens with zero attached hydrogens (tertiary/aromatic N) is 4. The first-order valence-electron chi connectivity index (χ1n) is 8.60. The highest BCUT2D eigenvalue weighted by atomic mass is 16.2. The molecule has 1 atom stereocenters. The summed E-state index contributed by atoms with van der Waals surface area (Å²) in [6.45, 7) is 2.19. The Labute approximate surface area is 150 Å². The maximum Gasteiger partial charge on any atom is 0.235 e. The summed E-state index contributed by atoms with van der Waals surface area (Å²) in [6.07, 6.45) is 2.83.